The standard InChI is InChI=1S/C50H33P/c1-5-17-34(18-6-1)46-42-27-13-14-28-43(42)47(35-19-7-2-8-20-35)50-45-32-31-40(41-29-16-30-44(48(41)45)49(46)50)36-21-15-26-39(33-36)51(37-22-9-3-10-23-37)38-24-11-4-12-25-38/h1-33H. The van der Waals surface area contributed by atoms with Crippen LogP contribution in [0.25, 0.3) is 77.2 Å². The van der Waals surface area contributed by atoms with Gasteiger partial charge in [0.15, 0.2) is 0 Å². The molecule has 0 radical (unpaired) electrons. The Hall–Kier alpha value is -6.07. The van der Waals surface area contributed by atoms with E-state index in [9.17, 15) is 0 Å². The minimum atomic E-state index is -0.712. The zero-order valence-corrected chi connectivity index (χ0v) is 28.9. The topological polar surface area (TPSA) is 0 Å². The molecule has 0 aliphatic heterocycles. The van der Waals surface area contributed by atoms with Crippen LogP contribution in [0.2, 0.25) is 0 Å². The molecular formula is C50H33P. The van der Waals surface area contributed by atoms with Gasteiger partial charge in [0.05, 0.1) is 0 Å². The summed E-state index contributed by atoms with van der Waals surface area (Å²) in [7, 11) is -0.712. The van der Waals surface area contributed by atoms with Crippen molar-refractivity contribution in [3.8, 4) is 55.6 Å². The Labute approximate surface area is 300 Å². The summed E-state index contributed by atoms with van der Waals surface area (Å²) in [4.78, 5) is 0. The third-order valence-electron chi connectivity index (χ3n) is 10.4. The lowest BCUT2D eigenvalue weighted by Gasteiger charge is -2.20. The molecule has 0 saturated heterocycles. The van der Waals surface area contributed by atoms with Crippen molar-refractivity contribution in [2.24, 2.45) is 0 Å². The minimum Gasteiger partial charge on any atom is -0.0622 e. The van der Waals surface area contributed by atoms with E-state index < -0.39 is 7.92 Å². The Balaban J connectivity index is 1.24. The van der Waals surface area contributed by atoms with Gasteiger partial charge in [-0.2, -0.15) is 0 Å². The molecule has 0 atom stereocenters. The molecule has 0 aromatic heterocycles. The van der Waals surface area contributed by atoms with Crippen LogP contribution in [0.1, 0.15) is 0 Å². The fourth-order valence-electron chi connectivity index (χ4n) is 8.28. The fraction of sp³-hybridized carbons (Fsp3) is 0. The van der Waals surface area contributed by atoms with Crippen molar-refractivity contribution < 1.29 is 0 Å². The first kappa shape index (κ1) is 29.8. The van der Waals surface area contributed by atoms with Crippen molar-refractivity contribution in [2.75, 3.05) is 0 Å². The van der Waals surface area contributed by atoms with Gasteiger partial charge in [0, 0.05) is 0 Å². The SMILES string of the molecule is c1ccc(-c2c3c(c(-c4ccccc4)c4ccccc24)-c2ccc(-c4cccc(P(c5ccccc5)c5ccccc5)c4)c4cccc-3c24)cc1. The molecule has 1 aliphatic rings. The van der Waals surface area contributed by atoms with Crippen LogP contribution in [0.4, 0.5) is 0 Å². The van der Waals surface area contributed by atoms with Crippen molar-refractivity contribution >= 4 is 45.4 Å². The molecule has 0 spiro atoms. The van der Waals surface area contributed by atoms with Gasteiger partial charge in [-0.3, -0.25) is 0 Å². The molecule has 0 saturated carbocycles. The van der Waals surface area contributed by atoms with Crippen molar-refractivity contribution in [1.29, 1.82) is 0 Å². The summed E-state index contributed by atoms with van der Waals surface area (Å²) in [5.41, 5.74) is 12.9. The zero-order chi connectivity index (χ0) is 33.7. The number of benzene rings is 9. The molecule has 1 heteroatoms. The predicted octanol–water partition coefficient (Wildman–Crippen LogP) is 12.4. The molecule has 0 unspecified atom stereocenters. The van der Waals surface area contributed by atoms with E-state index in [1.807, 2.05) is 0 Å². The second-order valence-corrected chi connectivity index (χ2v) is 15.4. The second-order valence-electron chi connectivity index (χ2n) is 13.2. The van der Waals surface area contributed by atoms with Gasteiger partial charge in [0.25, 0.3) is 0 Å². The Morgan fingerprint density at radius 2 is 0.667 bits per heavy atom. The first-order valence-electron chi connectivity index (χ1n) is 17.6. The molecule has 0 heterocycles. The van der Waals surface area contributed by atoms with Crippen LogP contribution >= 0.6 is 7.92 Å². The first-order chi connectivity index (χ1) is 25.3. The maximum Gasteiger partial charge on any atom is -0.000741 e. The molecular weight excluding hydrogens is 632 g/mol. The summed E-state index contributed by atoms with van der Waals surface area (Å²) in [5, 5.41) is 9.29. The van der Waals surface area contributed by atoms with E-state index in [0.717, 1.165) is 0 Å². The van der Waals surface area contributed by atoms with E-state index in [2.05, 4.69) is 200 Å². The van der Waals surface area contributed by atoms with Crippen molar-refractivity contribution in [3.05, 3.63) is 200 Å². The molecule has 0 amide bonds. The van der Waals surface area contributed by atoms with E-state index >= 15 is 0 Å². The predicted molar refractivity (Wildman–Crippen MR) is 221 cm³/mol. The Morgan fingerprint density at radius 1 is 0.255 bits per heavy atom. The van der Waals surface area contributed by atoms with Crippen LogP contribution in [0.15, 0.2) is 200 Å². The zero-order valence-electron chi connectivity index (χ0n) is 28.0. The van der Waals surface area contributed by atoms with Gasteiger partial charge >= 0.3 is 0 Å². The molecule has 10 rings (SSSR count). The van der Waals surface area contributed by atoms with Gasteiger partial charge in [-0.15, -0.1) is 0 Å². The molecule has 9 aromatic rings. The van der Waals surface area contributed by atoms with Gasteiger partial charge in [0.2, 0.25) is 0 Å². The summed E-state index contributed by atoms with van der Waals surface area (Å²) >= 11 is 0. The molecule has 0 N–H and O–H groups in total. The largest absolute Gasteiger partial charge is 0.0622 e. The lowest BCUT2D eigenvalue weighted by molar-refractivity contribution is 1.62. The maximum absolute atomic E-state index is 2.44. The van der Waals surface area contributed by atoms with E-state index in [-0.39, 0.29) is 0 Å². The van der Waals surface area contributed by atoms with Crippen molar-refractivity contribution in [3.63, 3.8) is 0 Å². The summed E-state index contributed by atoms with van der Waals surface area (Å²) in [6.07, 6.45) is 0. The third kappa shape index (κ3) is 4.87. The number of hydrogen-bond donors (Lipinski definition) is 0. The average molecular weight is 665 g/mol. The average Bonchev–Trinajstić information content (AvgIpc) is 3.53. The van der Waals surface area contributed by atoms with Gasteiger partial charge < -0.3 is 0 Å². The summed E-state index contributed by atoms with van der Waals surface area (Å²) in [5.74, 6) is 0. The molecule has 0 fully saturated rings. The summed E-state index contributed by atoms with van der Waals surface area (Å²) in [6.45, 7) is 0. The minimum absolute atomic E-state index is 0.712. The van der Waals surface area contributed by atoms with Crippen LogP contribution in [-0.4, -0.2) is 0 Å². The Bertz CT molecular complexity index is 2580. The smallest absolute Gasteiger partial charge is 0.000741 e. The first-order valence-corrected chi connectivity index (χ1v) is 19.0. The van der Waals surface area contributed by atoms with Crippen LogP contribution in [-0.2, 0) is 0 Å². The maximum atomic E-state index is 2.44. The summed E-state index contributed by atoms with van der Waals surface area (Å²) in [6, 6.07) is 73.9. The number of fused-ring (bicyclic) bond motifs is 4. The highest BCUT2D eigenvalue weighted by atomic mass is 31.1. The van der Waals surface area contributed by atoms with Gasteiger partial charge in [0.1, 0.15) is 0 Å². The van der Waals surface area contributed by atoms with E-state index in [1.165, 1.54) is 93.1 Å². The molecule has 0 bridgehead atoms. The highest BCUT2D eigenvalue weighted by Gasteiger charge is 2.31. The Kier molecular flexibility index (Phi) is 7.23. The van der Waals surface area contributed by atoms with Crippen LogP contribution in [0.3, 0.4) is 0 Å². The number of hydrogen-bond acceptors (Lipinski definition) is 0. The lowest BCUT2D eigenvalue weighted by atomic mass is 9.82. The normalized spacial score (nSPS) is 11.7. The van der Waals surface area contributed by atoms with E-state index in [4.69, 9.17) is 0 Å². The van der Waals surface area contributed by atoms with E-state index in [0.29, 0.717) is 0 Å². The molecule has 0 nitrogen and oxygen atoms in total. The van der Waals surface area contributed by atoms with Crippen molar-refractivity contribution in [2.45, 2.75) is 0 Å². The van der Waals surface area contributed by atoms with Gasteiger partial charge in [-0.25, -0.2) is 0 Å². The fourth-order valence-corrected chi connectivity index (χ4v) is 10.6. The monoisotopic (exact) mass is 664 g/mol. The molecule has 1 aliphatic carbocycles. The third-order valence-corrected chi connectivity index (χ3v) is 12.8. The highest BCUT2D eigenvalue weighted by Crippen LogP contribution is 2.58. The van der Waals surface area contributed by atoms with E-state index in [1.54, 1.807) is 0 Å². The Morgan fingerprint density at radius 3 is 1.24 bits per heavy atom. The lowest BCUT2D eigenvalue weighted by Crippen LogP contribution is -2.20. The van der Waals surface area contributed by atoms with Crippen LogP contribution in [0, 0.1) is 0 Å². The molecule has 238 valence electrons. The van der Waals surface area contributed by atoms with Crippen molar-refractivity contribution in [1.82, 2.24) is 0 Å². The molecule has 51 heavy (non-hydrogen) atoms. The summed E-state index contributed by atoms with van der Waals surface area (Å²) < 4.78 is 0. The van der Waals surface area contributed by atoms with Gasteiger partial charge in [-0.05, 0) is 107 Å². The molecule has 9 aromatic carbocycles. The second kappa shape index (κ2) is 12.4. The van der Waals surface area contributed by atoms with Gasteiger partial charge in [-0.1, -0.05) is 194 Å². The quantitative estimate of drug-likeness (QED) is 0.155. The highest BCUT2D eigenvalue weighted by molar-refractivity contribution is 7.79. The number of rotatable bonds is 6. The van der Waals surface area contributed by atoms with Crippen LogP contribution in [0.5, 0.6) is 0 Å². The van der Waals surface area contributed by atoms with Crippen LogP contribution < -0.4 is 15.9 Å².